The molecule has 0 radical (unpaired) electrons. The highest BCUT2D eigenvalue weighted by atomic mass is 19.4. The number of hydrogen-bond acceptors (Lipinski definition) is 7. The van der Waals surface area contributed by atoms with Crippen LogP contribution in [-0.4, -0.2) is 54.2 Å². The van der Waals surface area contributed by atoms with Crippen molar-refractivity contribution in [2.45, 2.75) is 32.4 Å². The lowest BCUT2D eigenvalue weighted by molar-refractivity contribution is -0.137. The summed E-state index contributed by atoms with van der Waals surface area (Å²) >= 11 is 0. The van der Waals surface area contributed by atoms with Gasteiger partial charge in [0.25, 0.3) is 0 Å². The number of benzene rings is 1. The number of nitrogens with two attached hydrogens (primary N) is 1. The van der Waals surface area contributed by atoms with Crippen molar-refractivity contribution in [2.75, 3.05) is 59.7 Å². The first kappa shape index (κ1) is 24.1. The number of nitrogens with zero attached hydrogens (tertiary/aromatic N) is 6. The van der Waals surface area contributed by atoms with E-state index in [0.717, 1.165) is 55.0 Å². The maximum Gasteiger partial charge on any atom is 0.416 e. The van der Waals surface area contributed by atoms with Crippen LogP contribution in [0.25, 0.3) is 11.1 Å². The number of alkyl halides is 3. The van der Waals surface area contributed by atoms with Gasteiger partial charge in [0.05, 0.1) is 11.1 Å². The third-order valence-electron chi connectivity index (χ3n) is 6.86. The van der Waals surface area contributed by atoms with E-state index in [1.807, 2.05) is 16.7 Å². The molecule has 0 spiro atoms. The number of aromatic nitrogens is 3. The summed E-state index contributed by atoms with van der Waals surface area (Å²) in [4.78, 5) is 20.1. The first-order valence-electron chi connectivity index (χ1n) is 12.3. The van der Waals surface area contributed by atoms with Crippen LogP contribution in [0.3, 0.4) is 0 Å². The lowest BCUT2D eigenvalue weighted by Gasteiger charge is -2.36. The number of halogens is 3. The number of nitrogen functional groups attached to an aromatic ring is 1. The van der Waals surface area contributed by atoms with Gasteiger partial charge in [0, 0.05) is 45.5 Å². The molecule has 36 heavy (non-hydrogen) atoms. The van der Waals surface area contributed by atoms with Crippen LogP contribution in [0.15, 0.2) is 42.6 Å². The van der Waals surface area contributed by atoms with Crippen LogP contribution in [0.1, 0.15) is 30.4 Å². The third kappa shape index (κ3) is 5.03. The highest BCUT2D eigenvalue weighted by Gasteiger charge is 2.32. The molecule has 2 N–H and O–H groups in total. The van der Waals surface area contributed by atoms with E-state index in [1.54, 1.807) is 0 Å². The van der Waals surface area contributed by atoms with Crippen molar-refractivity contribution in [3.8, 4) is 11.1 Å². The van der Waals surface area contributed by atoms with Gasteiger partial charge in [0.2, 0.25) is 5.95 Å². The molecule has 0 unspecified atom stereocenters. The van der Waals surface area contributed by atoms with E-state index in [1.165, 1.54) is 18.2 Å². The Labute approximate surface area is 208 Å². The number of hydrogen-bond donors (Lipinski definition) is 1. The van der Waals surface area contributed by atoms with Gasteiger partial charge in [0.1, 0.15) is 17.5 Å². The molecule has 0 amide bonds. The fourth-order valence-corrected chi connectivity index (χ4v) is 4.83. The Hall–Kier alpha value is -3.56. The van der Waals surface area contributed by atoms with Crippen LogP contribution < -0.4 is 20.4 Å². The number of anilines is 4. The lowest BCUT2D eigenvalue weighted by Crippen LogP contribution is -2.47. The van der Waals surface area contributed by atoms with Crippen LogP contribution in [-0.2, 0) is 6.18 Å². The molecule has 2 aliphatic rings. The van der Waals surface area contributed by atoms with Gasteiger partial charge in [-0.1, -0.05) is 29.8 Å². The average molecular weight is 498 g/mol. The Balaban J connectivity index is 1.40. The molecular formula is C26H30F3N7. The summed E-state index contributed by atoms with van der Waals surface area (Å²) in [5.74, 6) is 2.17. The van der Waals surface area contributed by atoms with Gasteiger partial charge in [0.15, 0.2) is 0 Å². The van der Waals surface area contributed by atoms with Crippen molar-refractivity contribution in [3.63, 3.8) is 0 Å². The van der Waals surface area contributed by atoms with E-state index in [4.69, 9.17) is 10.7 Å². The number of pyridine rings is 1. The zero-order valence-electron chi connectivity index (χ0n) is 20.3. The minimum atomic E-state index is -4.39. The van der Waals surface area contributed by atoms with Gasteiger partial charge in [-0.05, 0) is 43.9 Å². The first-order chi connectivity index (χ1) is 17.3. The van der Waals surface area contributed by atoms with E-state index in [9.17, 15) is 13.2 Å². The lowest BCUT2D eigenvalue weighted by atomic mass is 10.0. The molecule has 2 fully saturated rings. The number of piperidine rings is 1. The molecule has 4 heterocycles. The number of rotatable bonds is 4. The van der Waals surface area contributed by atoms with Gasteiger partial charge in [-0.3, -0.25) is 0 Å². The Morgan fingerprint density at radius 1 is 0.806 bits per heavy atom. The fourth-order valence-electron chi connectivity index (χ4n) is 4.83. The first-order valence-corrected chi connectivity index (χ1v) is 12.3. The van der Waals surface area contributed by atoms with E-state index < -0.39 is 11.7 Å². The summed E-state index contributed by atoms with van der Waals surface area (Å²) in [6.45, 7) is 6.02. The van der Waals surface area contributed by atoms with E-state index in [-0.39, 0.29) is 0 Å². The Bertz CT molecular complexity index is 1200. The fraction of sp³-hybridized carbons (Fsp3) is 0.423. The summed E-state index contributed by atoms with van der Waals surface area (Å²) < 4.78 is 39.4. The van der Waals surface area contributed by atoms with Crippen molar-refractivity contribution in [1.29, 1.82) is 0 Å². The Morgan fingerprint density at radius 3 is 2.14 bits per heavy atom. The molecule has 3 aromatic rings. The molecule has 0 bridgehead atoms. The summed E-state index contributed by atoms with van der Waals surface area (Å²) in [5.41, 5.74) is 8.87. The molecule has 0 atom stereocenters. The second-order valence-corrected chi connectivity index (χ2v) is 9.40. The summed E-state index contributed by atoms with van der Waals surface area (Å²) in [7, 11) is 0. The molecule has 5 rings (SSSR count). The van der Waals surface area contributed by atoms with E-state index in [0.29, 0.717) is 43.8 Å². The van der Waals surface area contributed by atoms with Crippen LogP contribution in [0.5, 0.6) is 0 Å². The minimum Gasteiger partial charge on any atom is -0.383 e. The molecule has 1 aromatic carbocycles. The molecule has 7 nitrogen and oxygen atoms in total. The largest absolute Gasteiger partial charge is 0.416 e. The molecular weight excluding hydrogens is 467 g/mol. The highest BCUT2D eigenvalue weighted by Crippen LogP contribution is 2.37. The van der Waals surface area contributed by atoms with Gasteiger partial charge in [-0.25, -0.2) is 4.98 Å². The van der Waals surface area contributed by atoms with Gasteiger partial charge in [-0.15, -0.1) is 0 Å². The van der Waals surface area contributed by atoms with Crippen LogP contribution in [0, 0.1) is 6.92 Å². The van der Waals surface area contributed by atoms with Gasteiger partial charge >= 0.3 is 6.18 Å². The second-order valence-electron chi connectivity index (χ2n) is 9.40. The molecule has 0 saturated carbocycles. The highest BCUT2D eigenvalue weighted by molar-refractivity contribution is 5.85. The molecule has 2 saturated heterocycles. The summed E-state index contributed by atoms with van der Waals surface area (Å²) in [6, 6.07) is 10.3. The predicted octanol–water partition coefficient (Wildman–Crippen LogP) is 4.76. The molecule has 190 valence electrons. The standard InChI is InChI=1S/C26H30F3N7/c1-18-5-7-19(8-6-18)22-23(30)32-25(33-24(22)35-11-3-2-4-12-35)36-15-13-34(14-16-36)21-17-20(9-10-31-21)26(27,28)29/h5-10,17H,2-4,11-16H2,1H3,(H2,30,32,33). The predicted molar refractivity (Wildman–Crippen MR) is 136 cm³/mol. The van der Waals surface area contributed by atoms with Crippen LogP contribution >= 0.6 is 0 Å². The van der Waals surface area contributed by atoms with Crippen molar-refractivity contribution >= 4 is 23.4 Å². The molecule has 2 aliphatic heterocycles. The number of aryl methyl sites for hydroxylation is 1. The molecule has 10 heteroatoms. The van der Waals surface area contributed by atoms with E-state index >= 15 is 0 Å². The SMILES string of the molecule is Cc1ccc(-c2c(N)nc(N3CCN(c4cc(C(F)(F)F)ccn4)CC3)nc2N2CCCCC2)cc1. The number of piperazine rings is 1. The second kappa shape index (κ2) is 9.83. The quantitative estimate of drug-likeness (QED) is 0.557. The van der Waals surface area contributed by atoms with Crippen molar-refractivity contribution in [3.05, 3.63) is 53.7 Å². The maximum absolute atomic E-state index is 13.1. The monoisotopic (exact) mass is 497 g/mol. The van der Waals surface area contributed by atoms with Gasteiger partial charge in [-0.2, -0.15) is 23.1 Å². The summed E-state index contributed by atoms with van der Waals surface area (Å²) in [6.07, 6.45) is 0.234. The van der Waals surface area contributed by atoms with Crippen LogP contribution in [0.4, 0.5) is 36.6 Å². The Morgan fingerprint density at radius 2 is 1.47 bits per heavy atom. The average Bonchev–Trinajstić information content (AvgIpc) is 2.89. The zero-order valence-corrected chi connectivity index (χ0v) is 20.3. The minimum absolute atomic E-state index is 0.327. The maximum atomic E-state index is 13.1. The zero-order chi connectivity index (χ0) is 25.3. The molecule has 2 aromatic heterocycles. The van der Waals surface area contributed by atoms with Crippen LogP contribution in [0.2, 0.25) is 0 Å². The smallest absolute Gasteiger partial charge is 0.383 e. The van der Waals surface area contributed by atoms with Crippen molar-refractivity contribution < 1.29 is 13.2 Å². The summed E-state index contributed by atoms with van der Waals surface area (Å²) in [5, 5.41) is 0. The van der Waals surface area contributed by atoms with Crippen molar-refractivity contribution in [2.24, 2.45) is 0 Å². The topological polar surface area (TPSA) is 74.4 Å². The normalized spacial score (nSPS) is 16.9. The third-order valence-corrected chi connectivity index (χ3v) is 6.86. The van der Waals surface area contributed by atoms with E-state index in [2.05, 4.69) is 39.1 Å². The Kier molecular flexibility index (Phi) is 6.59. The van der Waals surface area contributed by atoms with Crippen molar-refractivity contribution in [1.82, 2.24) is 15.0 Å². The van der Waals surface area contributed by atoms with Gasteiger partial charge < -0.3 is 20.4 Å². The molecule has 0 aliphatic carbocycles.